The van der Waals surface area contributed by atoms with Crippen LogP contribution in [0.25, 0.3) is 0 Å². The molecule has 0 fully saturated rings. The monoisotopic (exact) mass is 434 g/mol. The lowest BCUT2D eigenvalue weighted by Crippen LogP contribution is -2.23. The summed E-state index contributed by atoms with van der Waals surface area (Å²) < 4.78 is 5.58. The molecule has 9 nitrogen and oxygen atoms in total. The van der Waals surface area contributed by atoms with Gasteiger partial charge in [-0.2, -0.15) is 5.10 Å². The molecule has 0 aliphatic heterocycles. The SMILES string of the molecule is C/C=C(OC)\C(=C/CC/C(N)=N/NN)CC(C=NCCCCCC)=C(CC)N=C(N)N. The lowest BCUT2D eigenvalue weighted by Gasteiger charge is -2.14. The Morgan fingerprint density at radius 1 is 1.10 bits per heavy atom. The van der Waals surface area contributed by atoms with E-state index in [0.29, 0.717) is 31.5 Å². The zero-order chi connectivity index (χ0) is 23.5. The topological polar surface area (TPSA) is 162 Å². The fourth-order valence-electron chi connectivity index (χ4n) is 2.99. The van der Waals surface area contributed by atoms with Gasteiger partial charge in [-0.3, -0.25) is 4.99 Å². The maximum atomic E-state index is 5.81. The van der Waals surface area contributed by atoms with E-state index in [1.54, 1.807) is 7.11 Å². The summed E-state index contributed by atoms with van der Waals surface area (Å²) in [5.41, 5.74) is 22.1. The molecule has 31 heavy (non-hydrogen) atoms. The van der Waals surface area contributed by atoms with Crippen molar-refractivity contribution in [2.45, 2.75) is 72.1 Å². The molecule has 0 bridgehead atoms. The second kappa shape index (κ2) is 18.0. The maximum absolute atomic E-state index is 5.81. The number of guanidine groups is 1. The summed E-state index contributed by atoms with van der Waals surface area (Å²) in [5.74, 6) is 6.42. The molecule has 0 aliphatic carbocycles. The third-order valence-corrected chi connectivity index (χ3v) is 4.54. The van der Waals surface area contributed by atoms with Gasteiger partial charge < -0.3 is 21.9 Å². The first-order valence-corrected chi connectivity index (χ1v) is 10.9. The zero-order valence-corrected chi connectivity index (χ0v) is 19.7. The average Bonchev–Trinajstić information content (AvgIpc) is 2.74. The second-order valence-corrected chi connectivity index (χ2v) is 6.99. The number of rotatable bonds is 16. The second-order valence-electron chi connectivity index (χ2n) is 6.99. The summed E-state index contributed by atoms with van der Waals surface area (Å²) in [6.07, 6.45) is 13.1. The molecule has 0 saturated heterocycles. The number of nitrogens with zero attached hydrogens (tertiary/aromatic N) is 3. The van der Waals surface area contributed by atoms with Crippen molar-refractivity contribution in [1.29, 1.82) is 0 Å². The van der Waals surface area contributed by atoms with Crippen LogP contribution in [0.1, 0.15) is 72.1 Å². The molecule has 0 rings (SSSR count). The number of hydrogen-bond donors (Lipinski definition) is 5. The van der Waals surface area contributed by atoms with Gasteiger partial charge in [0.1, 0.15) is 11.6 Å². The summed E-state index contributed by atoms with van der Waals surface area (Å²) >= 11 is 0. The van der Waals surface area contributed by atoms with Gasteiger partial charge in [-0.1, -0.05) is 39.2 Å². The number of unbranched alkanes of at least 4 members (excludes halogenated alkanes) is 3. The lowest BCUT2D eigenvalue weighted by atomic mass is 9.99. The number of hydrogen-bond acceptors (Lipinski definition) is 6. The molecule has 0 heterocycles. The standard InChI is InChI=1S/C22H42N8O/c1-5-8-9-10-14-27-16-18(19(6-2)28-22(24)25)15-17(20(7-3)31-4)12-11-13-21(23)29-30-26/h7,12,16,30H,5-6,8-11,13-15,26H2,1-4H3,(H2,23,29)(H4,24,25,28)/b17-12-,19-18?,20-7+,27-16?. The van der Waals surface area contributed by atoms with Crippen molar-refractivity contribution in [3.8, 4) is 0 Å². The minimum atomic E-state index is 0.0347. The summed E-state index contributed by atoms with van der Waals surface area (Å²) in [6, 6.07) is 0. The third kappa shape index (κ3) is 13.2. The Hall–Kier alpha value is -2.81. The van der Waals surface area contributed by atoms with Crippen LogP contribution in [-0.4, -0.2) is 31.7 Å². The first kappa shape index (κ1) is 28.2. The lowest BCUT2D eigenvalue weighted by molar-refractivity contribution is 0.298. The van der Waals surface area contributed by atoms with Crippen molar-refractivity contribution in [3.63, 3.8) is 0 Å². The van der Waals surface area contributed by atoms with Gasteiger partial charge in [0.15, 0.2) is 5.96 Å². The highest BCUT2D eigenvalue weighted by molar-refractivity contribution is 5.83. The van der Waals surface area contributed by atoms with Crippen LogP contribution in [0.4, 0.5) is 0 Å². The molecule has 9 N–H and O–H groups in total. The molecule has 0 spiro atoms. The van der Waals surface area contributed by atoms with Gasteiger partial charge in [-0.05, 0) is 43.4 Å². The van der Waals surface area contributed by atoms with Crippen LogP contribution in [0.2, 0.25) is 0 Å². The zero-order valence-electron chi connectivity index (χ0n) is 19.7. The van der Waals surface area contributed by atoms with Crippen molar-refractivity contribution in [2.75, 3.05) is 13.7 Å². The Morgan fingerprint density at radius 2 is 1.84 bits per heavy atom. The number of amidine groups is 1. The van der Waals surface area contributed by atoms with E-state index >= 15 is 0 Å². The van der Waals surface area contributed by atoms with E-state index in [4.69, 9.17) is 27.8 Å². The summed E-state index contributed by atoms with van der Waals surface area (Å²) in [7, 11) is 1.65. The molecular weight excluding hydrogens is 392 g/mol. The van der Waals surface area contributed by atoms with Crippen LogP contribution in [0.15, 0.2) is 49.8 Å². The number of hydrazone groups is 1. The smallest absolute Gasteiger partial charge is 0.190 e. The molecular formula is C22H42N8O. The van der Waals surface area contributed by atoms with E-state index in [-0.39, 0.29) is 5.96 Å². The highest BCUT2D eigenvalue weighted by Gasteiger charge is 2.11. The largest absolute Gasteiger partial charge is 0.497 e. The van der Waals surface area contributed by atoms with Gasteiger partial charge in [-0.15, -0.1) is 0 Å². The van der Waals surface area contributed by atoms with Crippen molar-refractivity contribution in [3.05, 3.63) is 34.8 Å². The maximum Gasteiger partial charge on any atom is 0.190 e. The molecule has 0 saturated carbocycles. The minimum absolute atomic E-state index is 0.0347. The highest BCUT2D eigenvalue weighted by atomic mass is 16.5. The highest BCUT2D eigenvalue weighted by Crippen LogP contribution is 2.24. The number of methoxy groups -OCH3 is 1. The van der Waals surface area contributed by atoms with Crippen LogP contribution < -0.4 is 28.6 Å². The van der Waals surface area contributed by atoms with Gasteiger partial charge in [0.05, 0.1) is 7.11 Å². The van der Waals surface area contributed by atoms with Gasteiger partial charge in [-0.25, -0.2) is 16.4 Å². The predicted molar refractivity (Wildman–Crippen MR) is 132 cm³/mol. The van der Waals surface area contributed by atoms with Crippen LogP contribution >= 0.6 is 0 Å². The molecule has 176 valence electrons. The molecule has 0 radical (unpaired) electrons. The Balaban J connectivity index is 5.80. The predicted octanol–water partition coefficient (Wildman–Crippen LogP) is 2.96. The Bertz CT molecular complexity index is 686. The minimum Gasteiger partial charge on any atom is -0.497 e. The summed E-state index contributed by atoms with van der Waals surface area (Å²) in [5, 5.41) is 3.78. The molecule has 0 atom stereocenters. The Morgan fingerprint density at radius 3 is 2.39 bits per heavy atom. The molecule has 9 heteroatoms. The number of ether oxygens (including phenoxy) is 1. The Kier molecular flexibility index (Phi) is 16.4. The van der Waals surface area contributed by atoms with E-state index in [1.165, 1.54) is 19.3 Å². The van der Waals surface area contributed by atoms with Crippen molar-refractivity contribution in [1.82, 2.24) is 5.53 Å². The fourth-order valence-corrected chi connectivity index (χ4v) is 2.99. The first-order chi connectivity index (χ1) is 14.9. The number of aliphatic imine (C=N–C) groups is 2. The van der Waals surface area contributed by atoms with Crippen LogP contribution in [0.5, 0.6) is 0 Å². The molecule has 0 aromatic rings. The molecule has 0 aromatic carbocycles. The van der Waals surface area contributed by atoms with Crippen LogP contribution in [0, 0.1) is 0 Å². The number of nitrogens with one attached hydrogen (secondary N) is 1. The average molecular weight is 435 g/mol. The molecule has 0 unspecified atom stereocenters. The van der Waals surface area contributed by atoms with E-state index in [2.05, 4.69) is 33.6 Å². The van der Waals surface area contributed by atoms with E-state index in [0.717, 1.165) is 35.6 Å². The quantitative estimate of drug-likeness (QED) is 0.0477. The first-order valence-electron chi connectivity index (χ1n) is 10.9. The van der Waals surface area contributed by atoms with Crippen molar-refractivity contribution in [2.24, 2.45) is 38.1 Å². The van der Waals surface area contributed by atoms with Crippen molar-refractivity contribution < 1.29 is 4.74 Å². The number of nitrogens with two attached hydrogens (primary N) is 4. The number of hydrazine groups is 1. The van der Waals surface area contributed by atoms with Crippen LogP contribution in [-0.2, 0) is 4.74 Å². The van der Waals surface area contributed by atoms with Gasteiger partial charge >= 0.3 is 0 Å². The van der Waals surface area contributed by atoms with E-state index in [9.17, 15) is 0 Å². The summed E-state index contributed by atoms with van der Waals surface area (Å²) in [6.45, 7) is 6.93. The van der Waals surface area contributed by atoms with E-state index in [1.807, 2.05) is 26.1 Å². The van der Waals surface area contributed by atoms with E-state index < -0.39 is 0 Å². The van der Waals surface area contributed by atoms with Crippen LogP contribution in [0.3, 0.4) is 0 Å². The molecule has 0 aromatic heterocycles. The third-order valence-electron chi connectivity index (χ3n) is 4.54. The Labute approximate surface area is 187 Å². The molecule has 0 amide bonds. The van der Waals surface area contributed by atoms with Crippen molar-refractivity contribution >= 4 is 18.0 Å². The fraction of sp³-hybridized carbons (Fsp3) is 0.591. The summed E-state index contributed by atoms with van der Waals surface area (Å²) in [4.78, 5) is 8.97. The van der Waals surface area contributed by atoms with Gasteiger partial charge in [0, 0.05) is 31.3 Å². The number of allylic oxidation sites excluding steroid dienone is 5. The van der Waals surface area contributed by atoms with Gasteiger partial charge in [0.25, 0.3) is 0 Å². The normalized spacial score (nSPS) is 13.9. The molecule has 0 aliphatic rings. The van der Waals surface area contributed by atoms with Gasteiger partial charge in [0.2, 0.25) is 0 Å².